The van der Waals surface area contributed by atoms with Gasteiger partial charge in [-0.05, 0) is 0 Å². The topological polar surface area (TPSA) is 0 Å². The van der Waals surface area contributed by atoms with Crippen LogP contribution < -0.4 is 0 Å². The summed E-state index contributed by atoms with van der Waals surface area (Å²) in [5, 5.41) is 0. The Labute approximate surface area is 210 Å². The first-order chi connectivity index (χ1) is 12.2. The van der Waals surface area contributed by atoms with Crippen molar-refractivity contribution in [3.05, 3.63) is 91.4 Å². The van der Waals surface area contributed by atoms with Crippen molar-refractivity contribution in [3.8, 4) is 0 Å². The first-order valence-corrected chi connectivity index (χ1v) is 14.9. The first-order valence-electron chi connectivity index (χ1n) is 9.02. The Hall–Kier alpha value is -0.140. The van der Waals surface area contributed by atoms with Crippen LogP contribution in [0.25, 0.3) is 0 Å². The van der Waals surface area contributed by atoms with Crippen LogP contribution in [0, 0.1) is 36.5 Å². The molecule has 3 rings (SSSR count). The molecule has 0 radical (unpaired) electrons. The molecule has 164 valence electrons. The van der Waals surface area contributed by atoms with E-state index in [0.29, 0.717) is 10.8 Å². The average Bonchev–Trinajstić information content (AvgIpc) is 3.32. The van der Waals surface area contributed by atoms with Gasteiger partial charge in [-0.25, -0.2) is 12.2 Å². The molecule has 0 saturated heterocycles. The molecule has 2 aliphatic rings. The zero-order valence-corrected chi connectivity index (χ0v) is 24.6. The Morgan fingerprint density at radius 3 is 1.17 bits per heavy atom. The van der Waals surface area contributed by atoms with Crippen molar-refractivity contribution in [3.63, 3.8) is 0 Å². The van der Waals surface area contributed by atoms with Gasteiger partial charge in [0.1, 0.15) is 0 Å². The van der Waals surface area contributed by atoms with E-state index in [9.17, 15) is 0 Å². The van der Waals surface area contributed by atoms with E-state index < -0.39 is 0 Å². The van der Waals surface area contributed by atoms with Gasteiger partial charge in [0.15, 0.2) is 0 Å². The Bertz CT molecular complexity index is 552. The summed E-state index contributed by atoms with van der Waals surface area (Å²) in [6.07, 6.45) is 17.0. The minimum Gasteiger partial charge on any atom is -0.184 e. The van der Waals surface area contributed by atoms with Crippen LogP contribution in [0.1, 0.15) is 54.4 Å². The second-order valence-electron chi connectivity index (χ2n) is 8.00. The van der Waals surface area contributed by atoms with Gasteiger partial charge in [-0.3, -0.25) is 12.2 Å². The Kier molecular flexibility index (Phi) is 24.7. The van der Waals surface area contributed by atoms with Crippen molar-refractivity contribution >= 4 is 31.7 Å². The zero-order chi connectivity index (χ0) is 20.1. The molecule has 1 aromatic carbocycles. The van der Waals surface area contributed by atoms with E-state index in [-0.39, 0.29) is 32.2 Å². The average molecular weight is 529 g/mol. The molecule has 2 aliphatic carbocycles. The molecule has 4 heteroatoms. The van der Waals surface area contributed by atoms with Crippen LogP contribution >= 0.6 is 24.8 Å². The molecule has 0 spiro atoms. The van der Waals surface area contributed by atoms with Crippen molar-refractivity contribution in [1.29, 1.82) is 0 Å². The second kappa shape index (κ2) is 19.8. The van der Waals surface area contributed by atoms with Gasteiger partial charge in [0.05, 0.1) is 0 Å². The van der Waals surface area contributed by atoms with Crippen LogP contribution in [0.15, 0.2) is 65.8 Å². The van der Waals surface area contributed by atoms with Gasteiger partial charge in [0.25, 0.3) is 0 Å². The molecule has 0 heterocycles. The Balaban J connectivity index is -0.000000150. The summed E-state index contributed by atoms with van der Waals surface area (Å²) in [6.45, 7) is 15.3. The largest absolute Gasteiger partial charge is 0.184 e. The van der Waals surface area contributed by atoms with Crippen LogP contribution in [0.2, 0.25) is 0 Å². The third-order valence-corrected chi connectivity index (χ3v) is 3.73. The third-order valence-electron chi connectivity index (χ3n) is 3.73. The van der Waals surface area contributed by atoms with Gasteiger partial charge in [0.2, 0.25) is 0 Å². The van der Waals surface area contributed by atoms with Crippen LogP contribution in [0.3, 0.4) is 0 Å². The molecule has 29 heavy (non-hydrogen) atoms. The smallest absolute Gasteiger partial charge is 0.171 e. The molecule has 0 atom stereocenters. The summed E-state index contributed by atoms with van der Waals surface area (Å²) in [5.74, 6) is 0. The van der Waals surface area contributed by atoms with Gasteiger partial charge < -0.3 is 7.43 Å². The van der Waals surface area contributed by atoms with Gasteiger partial charge in [-0.15, -0.1) is 37.7 Å². The molecule has 0 aliphatic heterocycles. The molecule has 0 N–H and O–H groups in total. The molecule has 1 aromatic rings. The van der Waals surface area contributed by atoms with E-state index in [1.54, 1.807) is 23.3 Å². The van der Waals surface area contributed by atoms with E-state index in [4.69, 9.17) is 0 Å². The van der Waals surface area contributed by atoms with Crippen LogP contribution in [0.5, 0.6) is 0 Å². The molecular weight excluding hydrogens is 490 g/mol. The fraction of sp³-hybridized carbons (Fsp3) is 0.400. The molecule has 0 fully saturated rings. The van der Waals surface area contributed by atoms with Crippen molar-refractivity contribution in [1.82, 2.24) is 0 Å². The fourth-order valence-corrected chi connectivity index (χ4v) is 2.18. The Morgan fingerprint density at radius 1 is 0.724 bits per heavy atom. The fourth-order valence-electron chi connectivity index (χ4n) is 2.18. The molecular formula is C25H38Cl2SiZr-4. The van der Waals surface area contributed by atoms with Crippen molar-refractivity contribution < 1.29 is 23.3 Å². The third kappa shape index (κ3) is 18.4. The maximum Gasteiger partial charge on any atom is -0.171 e. The van der Waals surface area contributed by atoms with E-state index in [1.807, 2.05) is 37.2 Å². The predicted molar refractivity (Wildman–Crippen MR) is 135 cm³/mol. The number of hydrogen-bond donors (Lipinski definition) is 0. The monoisotopic (exact) mass is 526 g/mol. The summed E-state index contributed by atoms with van der Waals surface area (Å²) in [4.78, 5) is 0. The van der Waals surface area contributed by atoms with E-state index in [1.165, 1.54) is 11.1 Å². The summed E-state index contributed by atoms with van der Waals surface area (Å²) in [6, 6.07) is 12.5. The number of benzene rings is 1. The number of hydrogen-bond acceptors (Lipinski definition) is 0. The quantitative estimate of drug-likeness (QED) is 0.245. The number of allylic oxidation sites excluding steroid dienone is 8. The van der Waals surface area contributed by atoms with Crippen molar-refractivity contribution in [2.24, 2.45) is 10.8 Å². The Morgan fingerprint density at radius 2 is 1.07 bits per heavy atom. The molecule has 0 amide bonds. The first kappa shape index (κ1) is 36.2. The second-order valence-corrected chi connectivity index (χ2v) is 8.00. The van der Waals surface area contributed by atoms with Crippen LogP contribution in [-0.4, -0.2) is 6.88 Å². The molecule has 0 aromatic heterocycles. The normalized spacial score (nSPS) is 13.1. The SMILES string of the molecule is CC(C)(C)C1=CC[C-]=C1.CC(C)(C)C1=CC[C-]=C1.Cl.Cl.[CH3-].[SiH2]=[Zr].[c-]1ccccc1. The summed E-state index contributed by atoms with van der Waals surface area (Å²) < 4.78 is 0. The molecule has 0 unspecified atom stereocenters. The van der Waals surface area contributed by atoms with Crippen molar-refractivity contribution in [2.75, 3.05) is 0 Å². The van der Waals surface area contributed by atoms with Gasteiger partial charge in [-0.2, -0.15) is 59.7 Å². The molecule has 0 nitrogen and oxygen atoms in total. The minimum absolute atomic E-state index is 0. The van der Waals surface area contributed by atoms with Crippen LogP contribution in [-0.2, 0) is 23.3 Å². The number of halogens is 2. The van der Waals surface area contributed by atoms with E-state index in [2.05, 4.69) is 84.1 Å². The molecule has 0 saturated carbocycles. The van der Waals surface area contributed by atoms with Gasteiger partial charge >= 0.3 is 30.2 Å². The van der Waals surface area contributed by atoms with Gasteiger partial charge in [0, 0.05) is 0 Å². The predicted octanol–water partition coefficient (Wildman–Crippen LogP) is 7.31. The standard InChI is InChI=1S/2C9H13.C6H5.CH3.2ClH.H2Si.Zr/c2*1-9(2,3)8-6-4-5-7-8;1-2-4-6-5-3-1;;;;;/h2*6-7H,4H2,1-3H3;1-5H;1H3;2*1H;1H2;/q4*-1;;;;. The minimum atomic E-state index is 0. The maximum absolute atomic E-state index is 3.16. The summed E-state index contributed by atoms with van der Waals surface area (Å²) in [7, 11) is 0. The number of rotatable bonds is 0. The van der Waals surface area contributed by atoms with E-state index >= 15 is 0 Å². The molecule has 0 bridgehead atoms. The van der Waals surface area contributed by atoms with Crippen molar-refractivity contribution in [2.45, 2.75) is 54.4 Å². The van der Waals surface area contributed by atoms with Crippen LogP contribution in [0.4, 0.5) is 0 Å². The van der Waals surface area contributed by atoms with E-state index in [0.717, 1.165) is 12.8 Å². The maximum atomic E-state index is 3.16. The summed E-state index contributed by atoms with van der Waals surface area (Å²) >= 11 is 1.58. The summed E-state index contributed by atoms with van der Waals surface area (Å²) in [5.41, 5.74) is 3.48. The zero-order valence-electron chi connectivity index (χ0n) is 19.1. The van der Waals surface area contributed by atoms with Gasteiger partial charge in [-0.1, -0.05) is 52.4 Å².